The first-order chi connectivity index (χ1) is 8.75. The summed E-state index contributed by atoms with van der Waals surface area (Å²) in [7, 11) is 0. The topological polar surface area (TPSA) is 54.3 Å². The van der Waals surface area contributed by atoms with E-state index in [9.17, 15) is 4.79 Å². The van der Waals surface area contributed by atoms with Crippen LogP contribution in [0.4, 0.5) is 0 Å². The van der Waals surface area contributed by atoms with Crippen molar-refractivity contribution in [2.75, 3.05) is 6.54 Å². The summed E-state index contributed by atoms with van der Waals surface area (Å²) in [4.78, 5) is 11.8. The van der Waals surface area contributed by atoms with Gasteiger partial charge in [0.2, 0.25) is 5.91 Å². The molecule has 0 bridgehead atoms. The van der Waals surface area contributed by atoms with E-state index in [2.05, 4.69) is 10.6 Å². The van der Waals surface area contributed by atoms with Crippen molar-refractivity contribution in [3.8, 4) is 0 Å². The molecule has 100 valence electrons. The van der Waals surface area contributed by atoms with Gasteiger partial charge in [0, 0.05) is 0 Å². The molecule has 1 amide bonds. The highest BCUT2D eigenvalue weighted by atomic mass is 16.3. The van der Waals surface area contributed by atoms with Crippen LogP contribution >= 0.6 is 0 Å². The second-order valence-electron chi connectivity index (χ2n) is 5.06. The summed E-state index contributed by atoms with van der Waals surface area (Å²) in [5, 5.41) is 6.12. The predicted octanol–water partition coefficient (Wildman–Crippen LogP) is 2.06. The maximum absolute atomic E-state index is 11.8. The molecular formula is C14H22N2O2. The molecule has 0 aliphatic heterocycles. The molecule has 2 rings (SSSR count). The number of carbonyl (C=O) groups excluding carboxylic acids is 1. The second-order valence-corrected chi connectivity index (χ2v) is 5.06. The molecule has 0 aromatic carbocycles. The van der Waals surface area contributed by atoms with Crippen LogP contribution in [0, 0.1) is 5.92 Å². The maximum atomic E-state index is 11.8. The van der Waals surface area contributed by atoms with E-state index in [1.165, 1.54) is 25.7 Å². The van der Waals surface area contributed by atoms with Crippen LogP contribution in [-0.4, -0.2) is 18.5 Å². The molecule has 2 N–H and O–H groups in total. The first-order valence-electron chi connectivity index (χ1n) is 6.79. The van der Waals surface area contributed by atoms with Crippen molar-refractivity contribution in [2.24, 2.45) is 5.92 Å². The Balaban J connectivity index is 1.58. The van der Waals surface area contributed by atoms with Crippen LogP contribution in [0.25, 0.3) is 0 Å². The van der Waals surface area contributed by atoms with Crippen molar-refractivity contribution in [1.29, 1.82) is 0 Å². The predicted molar refractivity (Wildman–Crippen MR) is 70.0 cm³/mol. The summed E-state index contributed by atoms with van der Waals surface area (Å²) in [6.07, 6.45) is 6.91. The highest BCUT2D eigenvalue weighted by Crippen LogP contribution is 2.28. The Hall–Kier alpha value is -1.29. The maximum Gasteiger partial charge on any atom is 0.237 e. The van der Waals surface area contributed by atoms with Crippen molar-refractivity contribution < 1.29 is 9.21 Å². The van der Waals surface area contributed by atoms with Crippen molar-refractivity contribution in [3.05, 3.63) is 24.2 Å². The standard InChI is InChI=1S/C14H22N2O2/c1-11(15-8-7-12-4-2-5-12)14(17)16-10-13-6-3-9-18-13/h3,6,9,11-12,15H,2,4-5,7-8,10H2,1H3,(H,16,17). The Bertz CT molecular complexity index is 358. The Labute approximate surface area is 108 Å². The Kier molecular flexibility index (Phi) is 4.81. The van der Waals surface area contributed by atoms with Gasteiger partial charge in [-0.1, -0.05) is 19.3 Å². The van der Waals surface area contributed by atoms with Gasteiger partial charge in [-0.25, -0.2) is 0 Å². The fraction of sp³-hybridized carbons (Fsp3) is 0.643. The Morgan fingerprint density at radius 3 is 3.00 bits per heavy atom. The zero-order valence-corrected chi connectivity index (χ0v) is 10.9. The number of hydrogen-bond donors (Lipinski definition) is 2. The molecule has 0 radical (unpaired) electrons. The Morgan fingerprint density at radius 1 is 1.56 bits per heavy atom. The third kappa shape index (κ3) is 3.88. The number of amides is 1. The highest BCUT2D eigenvalue weighted by molar-refractivity contribution is 5.81. The zero-order chi connectivity index (χ0) is 12.8. The molecule has 1 fully saturated rings. The van der Waals surface area contributed by atoms with E-state index in [0.717, 1.165) is 18.2 Å². The largest absolute Gasteiger partial charge is 0.467 e. The number of hydrogen-bond acceptors (Lipinski definition) is 3. The van der Waals surface area contributed by atoms with Gasteiger partial charge >= 0.3 is 0 Å². The zero-order valence-electron chi connectivity index (χ0n) is 10.9. The first-order valence-corrected chi connectivity index (χ1v) is 6.79. The molecule has 4 nitrogen and oxygen atoms in total. The van der Waals surface area contributed by atoms with E-state index >= 15 is 0 Å². The van der Waals surface area contributed by atoms with E-state index in [4.69, 9.17) is 4.42 Å². The lowest BCUT2D eigenvalue weighted by Crippen LogP contribution is -2.42. The minimum Gasteiger partial charge on any atom is -0.467 e. The minimum absolute atomic E-state index is 0.0278. The molecule has 1 unspecified atom stereocenters. The lowest BCUT2D eigenvalue weighted by Gasteiger charge is -2.25. The van der Waals surface area contributed by atoms with Crippen LogP contribution in [0.2, 0.25) is 0 Å². The van der Waals surface area contributed by atoms with Crippen LogP contribution in [0.5, 0.6) is 0 Å². The van der Waals surface area contributed by atoms with Crippen LogP contribution in [0.1, 0.15) is 38.4 Å². The molecule has 1 aromatic heterocycles. The van der Waals surface area contributed by atoms with Gasteiger partial charge in [-0.2, -0.15) is 0 Å². The fourth-order valence-electron chi connectivity index (χ4n) is 2.12. The van der Waals surface area contributed by atoms with Gasteiger partial charge in [-0.05, 0) is 37.9 Å². The molecule has 18 heavy (non-hydrogen) atoms. The normalized spacial score (nSPS) is 17.2. The van der Waals surface area contributed by atoms with Gasteiger partial charge < -0.3 is 15.1 Å². The van der Waals surface area contributed by atoms with Crippen LogP contribution in [-0.2, 0) is 11.3 Å². The van der Waals surface area contributed by atoms with E-state index < -0.39 is 0 Å². The van der Waals surface area contributed by atoms with E-state index in [1.807, 2.05) is 19.1 Å². The summed E-state index contributed by atoms with van der Waals surface area (Å²) in [5.74, 6) is 1.70. The third-order valence-corrected chi connectivity index (χ3v) is 3.64. The van der Waals surface area contributed by atoms with Crippen LogP contribution in [0.15, 0.2) is 22.8 Å². The van der Waals surface area contributed by atoms with Crippen molar-refractivity contribution >= 4 is 5.91 Å². The average molecular weight is 250 g/mol. The van der Waals surface area contributed by atoms with E-state index in [-0.39, 0.29) is 11.9 Å². The van der Waals surface area contributed by atoms with Gasteiger partial charge in [-0.3, -0.25) is 4.79 Å². The quantitative estimate of drug-likeness (QED) is 0.779. The molecule has 1 atom stereocenters. The number of rotatable bonds is 7. The van der Waals surface area contributed by atoms with E-state index in [1.54, 1.807) is 6.26 Å². The summed E-state index contributed by atoms with van der Waals surface area (Å²) in [6, 6.07) is 3.54. The molecule has 0 saturated heterocycles. The van der Waals surface area contributed by atoms with Gasteiger partial charge in [0.05, 0.1) is 18.8 Å². The van der Waals surface area contributed by atoms with Gasteiger partial charge in [0.1, 0.15) is 5.76 Å². The van der Waals surface area contributed by atoms with Gasteiger partial charge in [-0.15, -0.1) is 0 Å². The minimum atomic E-state index is -0.139. The molecule has 4 heteroatoms. The fourth-order valence-corrected chi connectivity index (χ4v) is 2.12. The first kappa shape index (κ1) is 13.1. The van der Waals surface area contributed by atoms with Crippen molar-refractivity contribution in [1.82, 2.24) is 10.6 Å². The SMILES string of the molecule is CC(NCCC1CCC1)C(=O)NCc1ccco1. The number of nitrogens with one attached hydrogen (secondary N) is 2. The Morgan fingerprint density at radius 2 is 2.39 bits per heavy atom. The molecular weight excluding hydrogens is 228 g/mol. The highest BCUT2D eigenvalue weighted by Gasteiger charge is 2.18. The lowest BCUT2D eigenvalue weighted by atomic mass is 9.83. The van der Waals surface area contributed by atoms with Crippen molar-refractivity contribution in [2.45, 2.75) is 45.2 Å². The molecule has 0 spiro atoms. The molecule has 1 aliphatic rings. The molecule has 1 saturated carbocycles. The molecule has 1 aromatic rings. The average Bonchev–Trinajstić information content (AvgIpc) is 2.82. The third-order valence-electron chi connectivity index (χ3n) is 3.64. The lowest BCUT2D eigenvalue weighted by molar-refractivity contribution is -0.123. The smallest absolute Gasteiger partial charge is 0.237 e. The summed E-state index contributed by atoms with van der Waals surface area (Å²) < 4.78 is 5.16. The monoisotopic (exact) mass is 250 g/mol. The van der Waals surface area contributed by atoms with E-state index in [0.29, 0.717) is 6.54 Å². The summed E-state index contributed by atoms with van der Waals surface area (Å²) >= 11 is 0. The summed E-state index contributed by atoms with van der Waals surface area (Å²) in [5.41, 5.74) is 0. The van der Waals surface area contributed by atoms with Gasteiger partial charge in [0.15, 0.2) is 0 Å². The number of furan rings is 1. The molecule has 1 aliphatic carbocycles. The molecule has 1 heterocycles. The van der Waals surface area contributed by atoms with Crippen molar-refractivity contribution in [3.63, 3.8) is 0 Å². The second kappa shape index (κ2) is 6.59. The van der Waals surface area contributed by atoms with Crippen LogP contribution in [0.3, 0.4) is 0 Å². The number of carbonyl (C=O) groups is 1. The van der Waals surface area contributed by atoms with Gasteiger partial charge in [0.25, 0.3) is 0 Å². The summed E-state index contributed by atoms with van der Waals surface area (Å²) in [6.45, 7) is 3.29. The van der Waals surface area contributed by atoms with Crippen LogP contribution < -0.4 is 10.6 Å².